The van der Waals surface area contributed by atoms with Crippen LogP contribution in [0.2, 0.25) is 5.02 Å². The highest BCUT2D eigenvalue weighted by molar-refractivity contribution is 9.10. The van der Waals surface area contributed by atoms with Gasteiger partial charge in [0, 0.05) is 5.02 Å². The summed E-state index contributed by atoms with van der Waals surface area (Å²) in [5.74, 6) is 0.868. The van der Waals surface area contributed by atoms with Crippen LogP contribution in [0.25, 0.3) is 0 Å². The van der Waals surface area contributed by atoms with Gasteiger partial charge < -0.3 is 10.1 Å². The van der Waals surface area contributed by atoms with E-state index in [2.05, 4.69) is 52.4 Å². The van der Waals surface area contributed by atoms with Gasteiger partial charge in [-0.2, -0.15) is 0 Å². The van der Waals surface area contributed by atoms with Crippen molar-refractivity contribution in [2.24, 2.45) is 0 Å². The first-order chi connectivity index (χ1) is 10.2. The molecule has 1 atom stereocenters. The standard InChI is InChI=1S/C17H19BrClNO/c1-3-20-17(12-5-8-14(19)9-6-12)13-7-10-16(21-4-2)15(18)11-13/h5-11,17,20H,3-4H2,1-2H3. The van der Waals surface area contributed by atoms with E-state index in [1.165, 1.54) is 11.1 Å². The number of benzene rings is 2. The molecule has 0 aromatic heterocycles. The highest BCUT2D eigenvalue weighted by atomic mass is 79.9. The van der Waals surface area contributed by atoms with Crippen molar-refractivity contribution in [3.63, 3.8) is 0 Å². The topological polar surface area (TPSA) is 21.3 Å². The SMILES string of the molecule is CCNC(c1ccc(Cl)cc1)c1ccc(OCC)c(Br)c1. The number of hydrogen-bond acceptors (Lipinski definition) is 2. The number of hydrogen-bond donors (Lipinski definition) is 1. The van der Waals surface area contributed by atoms with Gasteiger partial charge in [0.15, 0.2) is 0 Å². The molecule has 0 fully saturated rings. The van der Waals surface area contributed by atoms with Crippen LogP contribution in [-0.4, -0.2) is 13.2 Å². The molecule has 2 aromatic carbocycles. The molecule has 0 saturated carbocycles. The first-order valence-electron chi connectivity index (χ1n) is 7.06. The molecule has 0 bridgehead atoms. The molecule has 2 rings (SSSR count). The zero-order valence-electron chi connectivity index (χ0n) is 12.2. The van der Waals surface area contributed by atoms with Gasteiger partial charge in [0.1, 0.15) is 5.75 Å². The maximum atomic E-state index is 5.98. The zero-order chi connectivity index (χ0) is 15.2. The summed E-state index contributed by atoms with van der Waals surface area (Å²) in [5.41, 5.74) is 2.38. The molecule has 1 unspecified atom stereocenters. The van der Waals surface area contributed by atoms with Gasteiger partial charge in [0.05, 0.1) is 17.1 Å². The minimum atomic E-state index is 0.138. The zero-order valence-corrected chi connectivity index (χ0v) is 14.5. The number of halogens is 2. The molecule has 0 spiro atoms. The largest absolute Gasteiger partial charge is 0.493 e. The van der Waals surface area contributed by atoms with Crippen molar-refractivity contribution < 1.29 is 4.74 Å². The lowest BCUT2D eigenvalue weighted by atomic mass is 9.98. The molecule has 0 aliphatic heterocycles. The van der Waals surface area contributed by atoms with Crippen LogP contribution in [0.1, 0.15) is 31.0 Å². The molecule has 1 N–H and O–H groups in total. The molecular weight excluding hydrogens is 350 g/mol. The van der Waals surface area contributed by atoms with Crippen LogP contribution in [0, 0.1) is 0 Å². The summed E-state index contributed by atoms with van der Waals surface area (Å²) in [6.07, 6.45) is 0. The predicted molar refractivity (Wildman–Crippen MR) is 92.3 cm³/mol. The molecule has 0 saturated heterocycles. The lowest BCUT2D eigenvalue weighted by Gasteiger charge is -2.20. The Morgan fingerprint density at radius 1 is 1.10 bits per heavy atom. The fourth-order valence-electron chi connectivity index (χ4n) is 2.26. The first kappa shape index (κ1) is 16.3. The second-order valence-corrected chi connectivity index (χ2v) is 5.96. The minimum absolute atomic E-state index is 0.138. The molecule has 0 radical (unpaired) electrons. The lowest BCUT2D eigenvalue weighted by Crippen LogP contribution is -2.22. The van der Waals surface area contributed by atoms with Crippen molar-refractivity contribution >= 4 is 27.5 Å². The fourth-order valence-corrected chi connectivity index (χ4v) is 2.89. The molecule has 21 heavy (non-hydrogen) atoms. The summed E-state index contributed by atoms with van der Waals surface area (Å²) < 4.78 is 6.54. The minimum Gasteiger partial charge on any atom is -0.493 e. The lowest BCUT2D eigenvalue weighted by molar-refractivity contribution is 0.338. The van der Waals surface area contributed by atoms with Gasteiger partial charge in [0.25, 0.3) is 0 Å². The van der Waals surface area contributed by atoms with E-state index in [-0.39, 0.29) is 6.04 Å². The van der Waals surface area contributed by atoms with Crippen LogP contribution in [0.3, 0.4) is 0 Å². The quantitative estimate of drug-likeness (QED) is 0.756. The van der Waals surface area contributed by atoms with Gasteiger partial charge in [0.2, 0.25) is 0 Å². The van der Waals surface area contributed by atoms with Gasteiger partial charge in [-0.05, 0) is 64.8 Å². The van der Waals surface area contributed by atoms with E-state index >= 15 is 0 Å². The van der Waals surface area contributed by atoms with E-state index in [1.807, 2.05) is 25.1 Å². The van der Waals surface area contributed by atoms with Crippen molar-refractivity contribution in [3.8, 4) is 5.75 Å². The third kappa shape index (κ3) is 4.22. The van der Waals surface area contributed by atoms with E-state index in [0.29, 0.717) is 6.61 Å². The Morgan fingerprint density at radius 3 is 2.33 bits per heavy atom. The van der Waals surface area contributed by atoms with Crippen molar-refractivity contribution in [2.75, 3.05) is 13.2 Å². The Balaban J connectivity index is 2.33. The van der Waals surface area contributed by atoms with Crippen molar-refractivity contribution in [1.82, 2.24) is 5.32 Å². The van der Waals surface area contributed by atoms with Crippen LogP contribution in [-0.2, 0) is 0 Å². The van der Waals surface area contributed by atoms with Crippen LogP contribution >= 0.6 is 27.5 Å². The van der Waals surface area contributed by atoms with Crippen molar-refractivity contribution in [2.45, 2.75) is 19.9 Å². The fraction of sp³-hybridized carbons (Fsp3) is 0.294. The number of nitrogens with one attached hydrogen (secondary N) is 1. The average molecular weight is 369 g/mol. The molecule has 0 heterocycles. The molecule has 2 aromatic rings. The van der Waals surface area contributed by atoms with Crippen LogP contribution < -0.4 is 10.1 Å². The van der Waals surface area contributed by atoms with E-state index in [4.69, 9.17) is 16.3 Å². The summed E-state index contributed by atoms with van der Waals surface area (Å²) in [7, 11) is 0. The summed E-state index contributed by atoms with van der Waals surface area (Å²) in [6, 6.07) is 14.3. The highest BCUT2D eigenvalue weighted by Crippen LogP contribution is 2.31. The normalized spacial score (nSPS) is 12.2. The van der Waals surface area contributed by atoms with Crippen molar-refractivity contribution in [1.29, 1.82) is 0 Å². The smallest absolute Gasteiger partial charge is 0.133 e. The maximum absolute atomic E-state index is 5.98. The number of rotatable bonds is 6. The molecule has 0 aliphatic rings. The van der Waals surface area contributed by atoms with E-state index < -0.39 is 0 Å². The Labute approximate surface area is 139 Å². The maximum Gasteiger partial charge on any atom is 0.133 e. The van der Waals surface area contributed by atoms with E-state index in [9.17, 15) is 0 Å². The summed E-state index contributed by atoms with van der Waals surface area (Å²) in [6.45, 7) is 5.63. The highest BCUT2D eigenvalue weighted by Gasteiger charge is 2.14. The first-order valence-corrected chi connectivity index (χ1v) is 8.23. The van der Waals surface area contributed by atoms with Gasteiger partial charge in [-0.25, -0.2) is 0 Å². The van der Waals surface area contributed by atoms with Gasteiger partial charge in [-0.15, -0.1) is 0 Å². The molecular formula is C17H19BrClNO. The van der Waals surface area contributed by atoms with E-state index in [1.54, 1.807) is 0 Å². The number of ether oxygens (including phenoxy) is 1. The molecule has 112 valence electrons. The molecule has 4 heteroatoms. The summed E-state index contributed by atoms with van der Waals surface area (Å²) >= 11 is 9.55. The Morgan fingerprint density at radius 2 is 1.76 bits per heavy atom. The summed E-state index contributed by atoms with van der Waals surface area (Å²) in [5, 5.41) is 4.26. The van der Waals surface area contributed by atoms with E-state index in [0.717, 1.165) is 21.8 Å². The molecule has 0 aliphatic carbocycles. The second-order valence-electron chi connectivity index (χ2n) is 4.67. The van der Waals surface area contributed by atoms with Gasteiger partial charge >= 0.3 is 0 Å². The Bertz CT molecular complexity index is 586. The van der Waals surface area contributed by atoms with Crippen LogP contribution in [0.5, 0.6) is 5.75 Å². The third-order valence-corrected chi connectivity index (χ3v) is 4.07. The molecule has 2 nitrogen and oxygen atoms in total. The Kier molecular flexibility index (Phi) is 6.09. The van der Waals surface area contributed by atoms with Gasteiger partial charge in [-0.1, -0.05) is 36.7 Å². The summed E-state index contributed by atoms with van der Waals surface area (Å²) in [4.78, 5) is 0. The van der Waals surface area contributed by atoms with Crippen molar-refractivity contribution in [3.05, 3.63) is 63.1 Å². The molecule has 0 amide bonds. The van der Waals surface area contributed by atoms with Crippen LogP contribution in [0.4, 0.5) is 0 Å². The van der Waals surface area contributed by atoms with Gasteiger partial charge in [-0.3, -0.25) is 0 Å². The Hall–Kier alpha value is -1.03. The monoisotopic (exact) mass is 367 g/mol. The third-order valence-electron chi connectivity index (χ3n) is 3.20. The predicted octanol–water partition coefficient (Wildman–Crippen LogP) is 5.20. The second kappa shape index (κ2) is 7.83. The van der Waals surface area contributed by atoms with Crippen LogP contribution in [0.15, 0.2) is 46.9 Å². The average Bonchev–Trinajstić information content (AvgIpc) is 2.48.